The van der Waals surface area contributed by atoms with Gasteiger partial charge in [-0.1, -0.05) is 13.8 Å². The highest BCUT2D eigenvalue weighted by Gasteiger charge is 2.20. The Bertz CT molecular complexity index is 437. The van der Waals surface area contributed by atoms with E-state index in [0.29, 0.717) is 5.92 Å². The fourth-order valence-corrected chi connectivity index (χ4v) is 2.25. The molecule has 3 N–H and O–H groups in total. The first-order chi connectivity index (χ1) is 9.02. The second kappa shape index (κ2) is 5.71. The molecule has 0 unspecified atom stereocenters. The van der Waals surface area contributed by atoms with Crippen molar-refractivity contribution in [1.29, 1.82) is 0 Å². The van der Waals surface area contributed by atoms with Gasteiger partial charge in [-0.05, 0) is 14.0 Å². The smallest absolute Gasteiger partial charge is 0.148 e. The molecule has 2 heterocycles. The largest absolute Gasteiger partial charge is 0.354 e. The van der Waals surface area contributed by atoms with Crippen molar-refractivity contribution in [1.82, 2.24) is 14.9 Å². The second-order valence-corrected chi connectivity index (χ2v) is 5.47. The van der Waals surface area contributed by atoms with Crippen molar-refractivity contribution in [3.63, 3.8) is 0 Å². The quantitative estimate of drug-likeness (QED) is 0.625. The van der Waals surface area contributed by atoms with E-state index in [4.69, 9.17) is 10.8 Å². The molecule has 1 aliphatic heterocycles. The van der Waals surface area contributed by atoms with Gasteiger partial charge in [0, 0.05) is 37.7 Å². The van der Waals surface area contributed by atoms with Crippen LogP contribution in [-0.4, -0.2) is 48.1 Å². The predicted molar refractivity (Wildman–Crippen MR) is 78.4 cm³/mol. The number of hydrazine groups is 1. The molecule has 2 rings (SSSR count). The first kappa shape index (κ1) is 14.0. The molecule has 1 aromatic heterocycles. The number of hydrogen-bond acceptors (Lipinski definition) is 6. The lowest BCUT2D eigenvalue weighted by molar-refractivity contribution is 0.311. The van der Waals surface area contributed by atoms with Crippen molar-refractivity contribution in [3.05, 3.63) is 11.4 Å². The molecule has 0 spiro atoms. The van der Waals surface area contributed by atoms with Gasteiger partial charge < -0.3 is 15.2 Å². The van der Waals surface area contributed by atoms with E-state index < -0.39 is 0 Å². The molecular weight excluding hydrogens is 240 g/mol. The summed E-state index contributed by atoms with van der Waals surface area (Å²) in [4.78, 5) is 13.9. The van der Waals surface area contributed by atoms with Gasteiger partial charge in [0.1, 0.15) is 17.5 Å². The molecule has 1 aliphatic rings. The number of anilines is 2. The van der Waals surface area contributed by atoms with Crippen molar-refractivity contribution in [2.45, 2.75) is 26.7 Å². The summed E-state index contributed by atoms with van der Waals surface area (Å²) in [6.07, 6.45) is 0. The van der Waals surface area contributed by atoms with Crippen molar-refractivity contribution in [3.8, 4) is 0 Å². The van der Waals surface area contributed by atoms with Crippen LogP contribution in [0.4, 0.5) is 11.6 Å². The number of aromatic nitrogens is 2. The molecule has 0 aromatic carbocycles. The molecular formula is C13H24N6. The summed E-state index contributed by atoms with van der Waals surface area (Å²) in [5.74, 6) is 8.45. The van der Waals surface area contributed by atoms with E-state index in [-0.39, 0.29) is 0 Å². The summed E-state index contributed by atoms with van der Waals surface area (Å²) in [6, 6.07) is 0. The highest BCUT2D eigenvalue weighted by molar-refractivity contribution is 5.58. The van der Waals surface area contributed by atoms with Crippen molar-refractivity contribution >= 4 is 11.6 Å². The van der Waals surface area contributed by atoms with Gasteiger partial charge in [-0.2, -0.15) is 0 Å². The molecule has 0 radical (unpaired) electrons. The molecule has 106 valence electrons. The molecule has 6 nitrogen and oxygen atoms in total. The lowest BCUT2D eigenvalue weighted by Crippen LogP contribution is -2.45. The summed E-state index contributed by atoms with van der Waals surface area (Å²) in [7, 11) is 2.15. The maximum Gasteiger partial charge on any atom is 0.148 e. The van der Waals surface area contributed by atoms with E-state index in [1.54, 1.807) is 0 Å². The number of rotatable bonds is 3. The Morgan fingerprint density at radius 2 is 1.79 bits per heavy atom. The molecule has 0 atom stereocenters. The Morgan fingerprint density at radius 3 is 2.32 bits per heavy atom. The van der Waals surface area contributed by atoms with Crippen molar-refractivity contribution in [2.24, 2.45) is 5.84 Å². The standard InChI is InChI=1S/C13H24N6/c1-9(2)11-15-12(17-14)10(3)13(16-11)19-7-5-18(4)6-8-19/h9H,5-8,14H2,1-4H3,(H,15,16,17). The zero-order chi connectivity index (χ0) is 14.0. The van der Waals surface area contributed by atoms with Gasteiger partial charge >= 0.3 is 0 Å². The zero-order valence-corrected chi connectivity index (χ0v) is 12.3. The van der Waals surface area contributed by atoms with Crippen LogP contribution in [0.15, 0.2) is 0 Å². The molecule has 6 heteroatoms. The minimum atomic E-state index is 0.291. The number of hydrogen-bond donors (Lipinski definition) is 2. The van der Waals surface area contributed by atoms with Gasteiger partial charge in [-0.3, -0.25) is 0 Å². The average Bonchev–Trinajstić information content (AvgIpc) is 2.40. The van der Waals surface area contributed by atoms with Crippen LogP contribution in [0.3, 0.4) is 0 Å². The summed E-state index contributed by atoms with van der Waals surface area (Å²) >= 11 is 0. The number of nitrogens with two attached hydrogens (primary N) is 1. The topological polar surface area (TPSA) is 70.3 Å². The molecule has 0 saturated carbocycles. The third-order valence-electron chi connectivity index (χ3n) is 3.59. The number of piperazine rings is 1. The van der Waals surface area contributed by atoms with Crippen LogP contribution in [0.5, 0.6) is 0 Å². The first-order valence-corrected chi connectivity index (χ1v) is 6.81. The molecule has 1 aromatic rings. The normalized spacial score (nSPS) is 17.1. The Balaban J connectivity index is 2.35. The van der Waals surface area contributed by atoms with Crippen molar-refractivity contribution < 1.29 is 0 Å². The average molecular weight is 264 g/mol. The van der Waals surface area contributed by atoms with Crippen molar-refractivity contribution in [2.75, 3.05) is 43.6 Å². The van der Waals surface area contributed by atoms with Crippen LogP contribution in [0.2, 0.25) is 0 Å². The van der Waals surface area contributed by atoms with Gasteiger partial charge in [-0.15, -0.1) is 0 Å². The number of nitrogens with one attached hydrogen (secondary N) is 1. The Labute approximate surface area is 115 Å². The van der Waals surface area contributed by atoms with Crippen LogP contribution < -0.4 is 16.2 Å². The summed E-state index contributed by atoms with van der Waals surface area (Å²) in [6.45, 7) is 10.3. The molecule has 0 bridgehead atoms. The molecule has 0 amide bonds. The minimum absolute atomic E-state index is 0.291. The fraction of sp³-hybridized carbons (Fsp3) is 0.692. The fourth-order valence-electron chi connectivity index (χ4n) is 2.25. The van der Waals surface area contributed by atoms with Gasteiger partial charge in [0.15, 0.2) is 0 Å². The molecule has 1 saturated heterocycles. The van der Waals surface area contributed by atoms with E-state index in [9.17, 15) is 0 Å². The predicted octanol–water partition coefficient (Wildman–Crippen LogP) is 0.946. The first-order valence-electron chi connectivity index (χ1n) is 6.81. The summed E-state index contributed by atoms with van der Waals surface area (Å²) in [5.41, 5.74) is 3.72. The number of likely N-dealkylation sites (N-methyl/N-ethyl adjacent to an activating group) is 1. The molecule has 19 heavy (non-hydrogen) atoms. The van der Waals surface area contributed by atoms with E-state index in [2.05, 4.69) is 41.1 Å². The SMILES string of the molecule is Cc1c(NN)nc(C(C)C)nc1N1CCN(C)CC1. The second-order valence-electron chi connectivity index (χ2n) is 5.47. The van der Waals surface area contributed by atoms with Gasteiger partial charge in [0.05, 0.1) is 0 Å². The zero-order valence-electron chi connectivity index (χ0n) is 12.3. The van der Waals surface area contributed by atoms with E-state index in [1.807, 2.05) is 6.92 Å². The number of nitrogens with zero attached hydrogens (tertiary/aromatic N) is 4. The van der Waals surface area contributed by atoms with Gasteiger partial charge in [-0.25, -0.2) is 15.8 Å². The Kier molecular flexibility index (Phi) is 4.21. The van der Waals surface area contributed by atoms with Crippen LogP contribution in [-0.2, 0) is 0 Å². The van der Waals surface area contributed by atoms with Gasteiger partial charge in [0.2, 0.25) is 0 Å². The van der Waals surface area contributed by atoms with Crippen LogP contribution in [0.25, 0.3) is 0 Å². The van der Waals surface area contributed by atoms with E-state index >= 15 is 0 Å². The van der Waals surface area contributed by atoms with E-state index in [1.165, 1.54) is 0 Å². The third-order valence-corrected chi connectivity index (χ3v) is 3.59. The monoisotopic (exact) mass is 264 g/mol. The number of nitrogen functional groups attached to an aromatic ring is 1. The maximum absolute atomic E-state index is 5.57. The van der Waals surface area contributed by atoms with Crippen LogP contribution >= 0.6 is 0 Å². The highest BCUT2D eigenvalue weighted by atomic mass is 15.3. The Hall–Kier alpha value is -1.40. The van der Waals surface area contributed by atoms with Crippen LogP contribution in [0, 0.1) is 6.92 Å². The lowest BCUT2D eigenvalue weighted by atomic mass is 10.2. The third kappa shape index (κ3) is 2.96. The summed E-state index contributed by atoms with van der Waals surface area (Å²) < 4.78 is 0. The molecule has 1 fully saturated rings. The molecule has 0 aliphatic carbocycles. The minimum Gasteiger partial charge on any atom is -0.354 e. The maximum atomic E-state index is 5.57. The Morgan fingerprint density at radius 1 is 1.16 bits per heavy atom. The van der Waals surface area contributed by atoms with Gasteiger partial charge in [0.25, 0.3) is 0 Å². The highest BCUT2D eigenvalue weighted by Crippen LogP contribution is 2.26. The van der Waals surface area contributed by atoms with Crippen LogP contribution in [0.1, 0.15) is 31.2 Å². The summed E-state index contributed by atoms with van der Waals surface area (Å²) in [5, 5.41) is 0. The van der Waals surface area contributed by atoms with E-state index in [0.717, 1.165) is 49.2 Å². The lowest BCUT2D eigenvalue weighted by Gasteiger charge is -2.34.